The Morgan fingerprint density at radius 1 is 0.464 bits per heavy atom. The highest BCUT2D eigenvalue weighted by Crippen LogP contribution is 2.37. The summed E-state index contributed by atoms with van der Waals surface area (Å²) in [5.41, 5.74) is 0. The Morgan fingerprint density at radius 3 is 1.23 bits per heavy atom. The number of hydrogen-bond donors (Lipinski definition) is 18. The van der Waals surface area contributed by atoms with E-state index in [4.69, 9.17) is 47.4 Å². The van der Waals surface area contributed by atoms with Gasteiger partial charge in [-0.2, -0.15) is 0 Å². The predicted octanol–water partition coefficient (Wildman–Crippen LogP) is -12.5. The van der Waals surface area contributed by atoms with E-state index < -0.39 is 218 Å². The second-order valence-electron chi connectivity index (χ2n) is 16.9. The maximum atomic E-state index is 12.3. The fourth-order valence-electron chi connectivity index (χ4n) is 8.42. The first-order valence-electron chi connectivity index (χ1n) is 21.8. The Kier molecular flexibility index (Phi) is 21.5. The molecule has 3 amide bonds. The number of hydrogen-bond acceptors (Lipinski definition) is 28. The Labute approximate surface area is 391 Å². The van der Waals surface area contributed by atoms with Crippen LogP contribution in [-0.4, -0.2) is 301 Å². The highest BCUT2D eigenvalue weighted by atomic mass is 16.8. The van der Waals surface area contributed by atoms with Crippen LogP contribution in [0.15, 0.2) is 0 Å². The molecule has 0 aliphatic carbocycles. The molecule has 31 heteroatoms. The third-order valence-corrected chi connectivity index (χ3v) is 12.1. The van der Waals surface area contributed by atoms with Crippen LogP contribution in [0, 0.1) is 0 Å². The molecule has 69 heavy (non-hydrogen) atoms. The van der Waals surface area contributed by atoms with Crippen LogP contribution >= 0.6 is 0 Å². The lowest BCUT2D eigenvalue weighted by Gasteiger charge is -2.51. The molecule has 0 saturated carbocycles. The smallest absolute Gasteiger partial charge is 0.217 e. The molecule has 18 N–H and O–H groups in total. The third-order valence-electron chi connectivity index (χ3n) is 12.1. The molecule has 5 rings (SSSR count). The standard InChI is InChI=1S/C38H65N3O28/c1-11(49)40-19-23(53)21(51)14(4-43)61-34(19)68-32-18(8-47)65-38(29(59)33(32)69-35-20(41-12(2)50)24(54)22(52)15(5-44)62-35)67-31-17(7-46)64-37(28(58)26(31)56)66-30-16(6-45)63-36(27(57)25(30)55)60-9-13(3-42)39-10-48/h10,13-38,42-47,51-59H,3-9H2,1-2H3,(H,39,48)(H,40,49)(H,41,50)/t13-,14-,15-,16-,17-,18-,19-,20-,21+,22+,23-,24-,25-,26-,27-,28-,29-,30-,31+,32+,33-,34+,35+,36-,37+,38-/m1/s1. The van der Waals surface area contributed by atoms with Crippen molar-refractivity contribution < 1.29 is 138 Å². The minimum Gasteiger partial charge on any atom is -0.394 e. The molecule has 0 aromatic carbocycles. The van der Waals surface area contributed by atoms with Crippen molar-refractivity contribution in [1.82, 2.24) is 16.0 Å². The van der Waals surface area contributed by atoms with Crippen molar-refractivity contribution in [2.24, 2.45) is 0 Å². The van der Waals surface area contributed by atoms with Crippen LogP contribution < -0.4 is 16.0 Å². The first-order chi connectivity index (χ1) is 32.8. The first-order valence-corrected chi connectivity index (χ1v) is 21.8. The van der Waals surface area contributed by atoms with Gasteiger partial charge in [-0.1, -0.05) is 0 Å². The average molecular weight is 1010 g/mol. The van der Waals surface area contributed by atoms with Crippen molar-refractivity contribution in [3.05, 3.63) is 0 Å². The molecular formula is C38H65N3O28. The zero-order valence-electron chi connectivity index (χ0n) is 37.1. The lowest BCUT2D eigenvalue weighted by Crippen LogP contribution is -2.70. The average Bonchev–Trinajstić information content (AvgIpc) is 3.32. The van der Waals surface area contributed by atoms with Gasteiger partial charge in [0, 0.05) is 13.8 Å². The summed E-state index contributed by atoms with van der Waals surface area (Å²) in [6, 6.07) is -4.24. The monoisotopic (exact) mass is 1010 g/mol. The summed E-state index contributed by atoms with van der Waals surface area (Å²) in [5, 5.41) is 167. The number of ether oxygens (including phenoxy) is 10. The number of aliphatic hydroxyl groups is 15. The van der Waals surface area contributed by atoms with Crippen LogP contribution in [-0.2, 0) is 61.8 Å². The number of nitrogens with one attached hydrogen (secondary N) is 3. The van der Waals surface area contributed by atoms with Gasteiger partial charge >= 0.3 is 0 Å². The second-order valence-corrected chi connectivity index (χ2v) is 16.9. The molecule has 0 radical (unpaired) electrons. The fourth-order valence-corrected chi connectivity index (χ4v) is 8.42. The Hall–Kier alpha value is -2.59. The second kappa shape index (κ2) is 25.9. The van der Waals surface area contributed by atoms with Gasteiger partial charge in [-0.15, -0.1) is 0 Å². The SMILES string of the molecule is CC(=O)N[C@H]1[C@H](O[C@@H]2[C@@H](O)[C@@H](O[C@@H]3[C@H](O)[C@@H](O)[C@H](O[C@H]4[C@H](O)[C@@H](O)[C@H](OC[C@@H](CO)NC=O)O[C@@H]4CO)O[C@@H]3CO)O[C@H](CO)[C@@H]2O[C@@H]2O[C@H](CO)[C@H](O)[C@H](O)[C@H]2NC(C)=O)O[C@H](CO)[C@H](O)[C@@H]1O. The van der Waals surface area contributed by atoms with E-state index in [1.54, 1.807) is 0 Å². The summed E-state index contributed by atoms with van der Waals surface area (Å²) >= 11 is 0. The van der Waals surface area contributed by atoms with Gasteiger partial charge in [-0.05, 0) is 0 Å². The summed E-state index contributed by atoms with van der Waals surface area (Å²) in [7, 11) is 0. The van der Waals surface area contributed by atoms with Crippen molar-refractivity contribution in [3.8, 4) is 0 Å². The molecule has 5 saturated heterocycles. The predicted molar refractivity (Wildman–Crippen MR) is 214 cm³/mol. The van der Waals surface area contributed by atoms with Crippen LogP contribution in [0.3, 0.4) is 0 Å². The molecule has 0 aromatic heterocycles. The molecule has 5 heterocycles. The minimum atomic E-state index is -2.25. The number of amides is 3. The molecule has 0 unspecified atom stereocenters. The van der Waals surface area contributed by atoms with E-state index >= 15 is 0 Å². The molecule has 5 aliphatic heterocycles. The Balaban J connectivity index is 1.41. The van der Waals surface area contributed by atoms with Gasteiger partial charge in [0.05, 0.1) is 52.3 Å². The first kappa shape index (κ1) is 57.3. The Bertz CT molecular complexity index is 1610. The summed E-state index contributed by atoms with van der Waals surface area (Å²) in [6.07, 6.45) is -42.8. The van der Waals surface area contributed by atoms with E-state index in [0.29, 0.717) is 0 Å². The van der Waals surface area contributed by atoms with E-state index in [2.05, 4.69) is 16.0 Å². The molecular weight excluding hydrogens is 946 g/mol. The topological polar surface area (TPSA) is 483 Å². The van der Waals surface area contributed by atoms with Crippen molar-refractivity contribution in [1.29, 1.82) is 0 Å². The maximum Gasteiger partial charge on any atom is 0.217 e. The summed E-state index contributed by atoms with van der Waals surface area (Å²) < 4.78 is 57.7. The van der Waals surface area contributed by atoms with Gasteiger partial charge in [0.1, 0.15) is 122 Å². The highest BCUT2D eigenvalue weighted by Gasteiger charge is 2.58. The van der Waals surface area contributed by atoms with Crippen molar-refractivity contribution in [2.45, 2.75) is 173 Å². The van der Waals surface area contributed by atoms with Gasteiger partial charge in [0.2, 0.25) is 18.2 Å². The zero-order chi connectivity index (χ0) is 51.0. The third kappa shape index (κ3) is 13.2. The molecule has 400 valence electrons. The van der Waals surface area contributed by atoms with E-state index in [1.165, 1.54) is 0 Å². The van der Waals surface area contributed by atoms with Gasteiger partial charge in [0.15, 0.2) is 31.5 Å². The van der Waals surface area contributed by atoms with Gasteiger partial charge in [0.25, 0.3) is 0 Å². The largest absolute Gasteiger partial charge is 0.394 e. The fraction of sp³-hybridized carbons (Fsp3) is 0.921. The summed E-state index contributed by atoms with van der Waals surface area (Å²) in [6.45, 7) is -3.74. The van der Waals surface area contributed by atoms with Crippen LogP contribution in [0.25, 0.3) is 0 Å². The summed E-state index contributed by atoms with van der Waals surface area (Å²) in [4.78, 5) is 35.3. The van der Waals surface area contributed by atoms with Crippen molar-refractivity contribution >= 4 is 18.2 Å². The van der Waals surface area contributed by atoms with Crippen LogP contribution in [0.5, 0.6) is 0 Å². The molecule has 0 spiro atoms. The zero-order valence-corrected chi connectivity index (χ0v) is 37.1. The lowest BCUT2D eigenvalue weighted by molar-refractivity contribution is -0.396. The molecule has 5 fully saturated rings. The highest BCUT2D eigenvalue weighted by molar-refractivity contribution is 5.73. The number of carbonyl (C=O) groups is 3. The van der Waals surface area contributed by atoms with Crippen molar-refractivity contribution in [2.75, 3.05) is 46.2 Å². The molecule has 26 atom stereocenters. The molecule has 5 aliphatic rings. The van der Waals surface area contributed by atoms with E-state index in [9.17, 15) is 91.0 Å². The molecule has 31 nitrogen and oxygen atoms in total. The number of carbonyl (C=O) groups excluding carboxylic acids is 3. The number of aliphatic hydroxyl groups excluding tert-OH is 15. The van der Waals surface area contributed by atoms with E-state index in [-0.39, 0.29) is 6.41 Å². The van der Waals surface area contributed by atoms with Gasteiger partial charge < -0.3 is 140 Å². The quantitative estimate of drug-likeness (QED) is 0.0475. The van der Waals surface area contributed by atoms with Crippen LogP contribution in [0.1, 0.15) is 13.8 Å². The summed E-state index contributed by atoms with van der Waals surface area (Å²) in [5.74, 6) is -1.56. The minimum absolute atomic E-state index is 0.284. The van der Waals surface area contributed by atoms with E-state index in [0.717, 1.165) is 13.8 Å². The van der Waals surface area contributed by atoms with Gasteiger partial charge in [-0.3, -0.25) is 14.4 Å². The Morgan fingerprint density at radius 2 is 0.826 bits per heavy atom. The van der Waals surface area contributed by atoms with E-state index in [1.807, 2.05) is 0 Å². The molecule has 0 bridgehead atoms. The molecule has 0 aromatic rings. The maximum absolute atomic E-state index is 12.3. The normalized spacial score (nSPS) is 45.6. The number of rotatable bonds is 21. The van der Waals surface area contributed by atoms with Crippen LogP contribution in [0.4, 0.5) is 0 Å². The van der Waals surface area contributed by atoms with Crippen LogP contribution in [0.2, 0.25) is 0 Å². The van der Waals surface area contributed by atoms with Gasteiger partial charge in [-0.25, -0.2) is 0 Å². The lowest BCUT2D eigenvalue weighted by atomic mass is 9.94. The van der Waals surface area contributed by atoms with Crippen molar-refractivity contribution in [3.63, 3.8) is 0 Å².